The van der Waals surface area contributed by atoms with Gasteiger partial charge in [0.1, 0.15) is 5.03 Å². The smallest absolute Gasteiger partial charge is 0.256 e. The monoisotopic (exact) mass is 343 g/mol. The molecule has 1 saturated heterocycles. The number of likely N-dealkylation sites (tertiary alicyclic amines) is 1. The van der Waals surface area contributed by atoms with Gasteiger partial charge in [-0.3, -0.25) is 9.78 Å². The zero-order valence-electron chi connectivity index (χ0n) is 13.7. The van der Waals surface area contributed by atoms with Gasteiger partial charge < -0.3 is 9.64 Å². The van der Waals surface area contributed by atoms with E-state index in [1.165, 1.54) is 11.8 Å². The quantitative estimate of drug-likeness (QED) is 0.781. The van der Waals surface area contributed by atoms with Gasteiger partial charge >= 0.3 is 0 Å². The largest absolute Gasteiger partial charge is 0.372 e. The van der Waals surface area contributed by atoms with Gasteiger partial charge in [-0.1, -0.05) is 6.07 Å². The van der Waals surface area contributed by atoms with Crippen molar-refractivity contribution in [2.75, 3.05) is 19.3 Å². The van der Waals surface area contributed by atoms with Crippen LogP contribution in [0, 0.1) is 0 Å². The molecule has 126 valence electrons. The van der Waals surface area contributed by atoms with Crippen molar-refractivity contribution in [2.45, 2.75) is 30.6 Å². The third kappa shape index (κ3) is 4.13. The summed E-state index contributed by atoms with van der Waals surface area (Å²) in [5.41, 5.74) is 1.73. The summed E-state index contributed by atoms with van der Waals surface area (Å²) < 4.78 is 5.99. The van der Waals surface area contributed by atoms with Gasteiger partial charge in [0.2, 0.25) is 0 Å². The molecular weight excluding hydrogens is 322 g/mol. The number of carbonyl (C=O) groups is 1. The molecule has 0 N–H and O–H groups in total. The van der Waals surface area contributed by atoms with E-state index in [-0.39, 0.29) is 12.0 Å². The maximum atomic E-state index is 12.8. The van der Waals surface area contributed by atoms with Crippen molar-refractivity contribution in [2.24, 2.45) is 0 Å². The van der Waals surface area contributed by atoms with E-state index in [1.807, 2.05) is 41.6 Å². The van der Waals surface area contributed by atoms with Crippen LogP contribution in [0.1, 0.15) is 28.8 Å². The normalized spacial score (nSPS) is 17.7. The predicted molar refractivity (Wildman–Crippen MR) is 94.0 cm³/mol. The lowest BCUT2D eigenvalue weighted by Gasteiger charge is -2.33. The van der Waals surface area contributed by atoms with E-state index in [2.05, 4.69) is 9.97 Å². The summed E-state index contributed by atoms with van der Waals surface area (Å²) in [5, 5.41) is 0.779. The zero-order chi connectivity index (χ0) is 16.8. The Labute approximate surface area is 146 Å². The highest BCUT2D eigenvalue weighted by molar-refractivity contribution is 7.98. The summed E-state index contributed by atoms with van der Waals surface area (Å²) in [6, 6.07) is 7.56. The second-order valence-corrected chi connectivity index (χ2v) is 6.54. The summed E-state index contributed by atoms with van der Waals surface area (Å²) in [6.45, 7) is 1.93. The Morgan fingerprint density at radius 1 is 1.38 bits per heavy atom. The molecule has 6 heteroatoms. The van der Waals surface area contributed by atoms with Crippen LogP contribution in [0.4, 0.5) is 0 Å². The first-order chi connectivity index (χ1) is 11.8. The molecule has 2 aromatic heterocycles. The molecule has 1 aliphatic heterocycles. The number of pyridine rings is 2. The number of amides is 1. The molecule has 1 aliphatic rings. The van der Waals surface area contributed by atoms with E-state index in [0.29, 0.717) is 18.7 Å². The minimum absolute atomic E-state index is 0.0436. The molecule has 5 nitrogen and oxygen atoms in total. The van der Waals surface area contributed by atoms with Crippen molar-refractivity contribution < 1.29 is 9.53 Å². The fourth-order valence-electron chi connectivity index (χ4n) is 2.84. The number of nitrogens with zero attached hydrogens (tertiary/aromatic N) is 3. The molecule has 1 amide bonds. The summed E-state index contributed by atoms with van der Waals surface area (Å²) in [6.07, 6.45) is 9.23. The van der Waals surface area contributed by atoms with E-state index in [0.717, 1.165) is 30.0 Å². The van der Waals surface area contributed by atoms with Crippen LogP contribution in [-0.2, 0) is 11.3 Å². The van der Waals surface area contributed by atoms with Gasteiger partial charge in [-0.15, -0.1) is 11.8 Å². The van der Waals surface area contributed by atoms with Gasteiger partial charge in [-0.2, -0.15) is 0 Å². The Morgan fingerprint density at radius 3 is 3.04 bits per heavy atom. The summed E-state index contributed by atoms with van der Waals surface area (Å²) >= 11 is 1.50. The van der Waals surface area contributed by atoms with Crippen molar-refractivity contribution in [3.8, 4) is 0 Å². The van der Waals surface area contributed by atoms with Crippen LogP contribution in [0.3, 0.4) is 0 Å². The van der Waals surface area contributed by atoms with Crippen molar-refractivity contribution in [3.05, 3.63) is 54.0 Å². The first-order valence-corrected chi connectivity index (χ1v) is 9.29. The van der Waals surface area contributed by atoms with Gasteiger partial charge in [-0.25, -0.2) is 4.98 Å². The van der Waals surface area contributed by atoms with Crippen molar-refractivity contribution >= 4 is 17.7 Å². The highest BCUT2D eigenvalue weighted by atomic mass is 32.2. The fraction of sp³-hybridized carbons (Fsp3) is 0.389. The van der Waals surface area contributed by atoms with E-state index in [1.54, 1.807) is 12.4 Å². The molecule has 0 aromatic carbocycles. The number of hydrogen-bond donors (Lipinski definition) is 0. The van der Waals surface area contributed by atoms with Crippen LogP contribution in [0.5, 0.6) is 0 Å². The molecule has 1 unspecified atom stereocenters. The van der Waals surface area contributed by atoms with Crippen molar-refractivity contribution in [3.63, 3.8) is 0 Å². The number of carbonyl (C=O) groups excluding carboxylic acids is 1. The van der Waals surface area contributed by atoms with Gasteiger partial charge in [0.15, 0.2) is 0 Å². The Balaban J connectivity index is 1.61. The molecule has 0 saturated carbocycles. The summed E-state index contributed by atoms with van der Waals surface area (Å²) in [7, 11) is 0. The number of ether oxygens (including phenoxy) is 1. The summed E-state index contributed by atoms with van der Waals surface area (Å²) in [5.74, 6) is 0.0436. The first-order valence-electron chi connectivity index (χ1n) is 8.06. The first kappa shape index (κ1) is 16.9. The SMILES string of the molecule is CSc1ncccc1C(=O)N1CCCC(OCc2cccnc2)C1. The molecule has 1 atom stereocenters. The van der Waals surface area contributed by atoms with E-state index in [4.69, 9.17) is 4.74 Å². The van der Waals surface area contributed by atoms with E-state index in [9.17, 15) is 4.79 Å². The highest BCUT2D eigenvalue weighted by Crippen LogP contribution is 2.22. The maximum Gasteiger partial charge on any atom is 0.256 e. The van der Waals surface area contributed by atoms with Crippen molar-refractivity contribution in [1.82, 2.24) is 14.9 Å². The van der Waals surface area contributed by atoms with Crippen LogP contribution < -0.4 is 0 Å². The van der Waals surface area contributed by atoms with Crippen LogP contribution in [0.2, 0.25) is 0 Å². The molecule has 3 heterocycles. The highest BCUT2D eigenvalue weighted by Gasteiger charge is 2.26. The lowest BCUT2D eigenvalue weighted by molar-refractivity contribution is -0.00693. The molecule has 0 bridgehead atoms. The van der Waals surface area contributed by atoms with Crippen molar-refractivity contribution in [1.29, 1.82) is 0 Å². The molecule has 0 spiro atoms. The molecule has 1 fully saturated rings. The molecular formula is C18H21N3O2S. The third-order valence-corrected chi connectivity index (χ3v) is 4.78. The molecule has 3 rings (SSSR count). The summed E-state index contributed by atoms with van der Waals surface area (Å²) in [4.78, 5) is 23.1. The zero-order valence-corrected chi connectivity index (χ0v) is 14.5. The topological polar surface area (TPSA) is 55.3 Å². The van der Waals surface area contributed by atoms with Gasteiger partial charge in [0.05, 0.1) is 18.3 Å². The minimum atomic E-state index is 0.0436. The average molecular weight is 343 g/mol. The van der Waals surface area contributed by atoms with Gasteiger partial charge in [0, 0.05) is 31.7 Å². The van der Waals surface area contributed by atoms with E-state index >= 15 is 0 Å². The molecule has 0 aliphatic carbocycles. The predicted octanol–water partition coefficient (Wildman–Crippen LogP) is 3.02. The Morgan fingerprint density at radius 2 is 2.25 bits per heavy atom. The Kier molecular flexibility index (Phi) is 5.82. The standard InChI is InChI=1S/C18H21N3O2S/c1-24-17-16(7-3-9-20-17)18(22)21-10-4-6-15(12-21)23-13-14-5-2-8-19-11-14/h2-3,5,7-9,11,15H,4,6,10,12-13H2,1H3. The van der Waals surface area contributed by atoms with Crippen LogP contribution in [0.15, 0.2) is 47.9 Å². The molecule has 24 heavy (non-hydrogen) atoms. The second-order valence-electron chi connectivity index (χ2n) is 5.75. The maximum absolute atomic E-state index is 12.8. The average Bonchev–Trinajstić information content (AvgIpc) is 2.67. The second kappa shape index (κ2) is 8.26. The van der Waals surface area contributed by atoms with Crippen LogP contribution in [-0.4, -0.2) is 46.2 Å². The fourth-order valence-corrected chi connectivity index (χ4v) is 3.38. The number of piperidine rings is 1. The molecule has 0 radical (unpaired) electrons. The number of thioether (sulfide) groups is 1. The third-order valence-electron chi connectivity index (χ3n) is 4.07. The number of rotatable bonds is 5. The van der Waals surface area contributed by atoms with Crippen LogP contribution >= 0.6 is 11.8 Å². The van der Waals surface area contributed by atoms with E-state index < -0.39 is 0 Å². The number of hydrogen-bond acceptors (Lipinski definition) is 5. The van der Waals surface area contributed by atoms with Crippen LogP contribution in [0.25, 0.3) is 0 Å². The van der Waals surface area contributed by atoms with Gasteiger partial charge in [0.25, 0.3) is 5.91 Å². The minimum Gasteiger partial charge on any atom is -0.372 e. The Hall–Kier alpha value is -1.92. The lowest BCUT2D eigenvalue weighted by atomic mass is 10.1. The lowest BCUT2D eigenvalue weighted by Crippen LogP contribution is -2.43. The number of aromatic nitrogens is 2. The van der Waals surface area contributed by atoms with Gasteiger partial charge in [-0.05, 0) is 42.9 Å². The molecule has 2 aromatic rings. The Bertz CT molecular complexity index is 681.